The van der Waals surface area contributed by atoms with E-state index in [9.17, 15) is 4.39 Å². The lowest BCUT2D eigenvalue weighted by atomic mass is 9.88. The summed E-state index contributed by atoms with van der Waals surface area (Å²) in [5, 5.41) is 0. The first kappa shape index (κ1) is 9.86. The highest BCUT2D eigenvalue weighted by Crippen LogP contribution is 2.60. The average molecular weight is 232 g/mol. The van der Waals surface area contributed by atoms with Gasteiger partial charge in [0.25, 0.3) is 0 Å². The van der Waals surface area contributed by atoms with Crippen molar-refractivity contribution in [3.8, 4) is 0 Å². The first-order chi connectivity index (χ1) is 8.27. The summed E-state index contributed by atoms with van der Waals surface area (Å²) in [4.78, 5) is 6.54. The van der Waals surface area contributed by atoms with E-state index in [2.05, 4.69) is 9.88 Å². The van der Waals surface area contributed by atoms with Crippen LogP contribution in [-0.2, 0) is 0 Å². The average Bonchev–Trinajstić information content (AvgIpc) is 3.01. The highest BCUT2D eigenvalue weighted by atomic mass is 19.1. The number of hydrogen-bond donors (Lipinski definition) is 0. The van der Waals surface area contributed by atoms with Crippen molar-refractivity contribution >= 4 is 5.82 Å². The van der Waals surface area contributed by atoms with Gasteiger partial charge >= 0.3 is 0 Å². The lowest BCUT2D eigenvalue weighted by molar-refractivity contribution is 0.315. The van der Waals surface area contributed by atoms with Crippen LogP contribution in [0.5, 0.6) is 0 Å². The smallest absolute Gasteiger partial charge is 0.165 e. The van der Waals surface area contributed by atoms with Gasteiger partial charge in [-0.05, 0) is 56.1 Å². The van der Waals surface area contributed by atoms with Gasteiger partial charge in [0.15, 0.2) is 11.6 Å². The molecular formula is C14H17FN2. The van der Waals surface area contributed by atoms with Crippen molar-refractivity contribution < 1.29 is 4.39 Å². The molecule has 1 aliphatic carbocycles. The number of nitrogens with zero attached hydrogens (tertiary/aromatic N) is 2. The maximum Gasteiger partial charge on any atom is 0.165 e. The quantitative estimate of drug-likeness (QED) is 0.739. The first-order valence-corrected chi connectivity index (χ1v) is 6.66. The Morgan fingerprint density at radius 2 is 1.94 bits per heavy atom. The fourth-order valence-corrected chi connectivity index (χ4v) is 3.94. The molecule has 3 fully saturated rings. The van der Waals surface area contributed by atoms with Gasteiger partial charge in [-0.2, -0.15) is 0 Å². The van der Waals surface area contributed by atoms with Gasteiger partial charge in [0, 0.05) is 18.3 Å². The molecule has 4 rings (SSSR count). The molecule has 1 spiro atoms. The van der Waals surface area contributed by atoms with E-state index >= 15 is 0 Å². The van der Waals surface area contributed by atoms with Gasteiger partial charge in [0.05, 0.1) is 0 Å². The molecule has 3 heteroatoms. The zero-order valence-electron chi connectivity index (χ0n) is 9.90. The summed E-state index contributed by atoms with van der Waals surface area (Å²) < 4.78 is 13.9. The Bertz CT molecular complexity index is 439. The van der Waals surface area contributed by atoms with Gasteiger partial charge < -0.3 is 4.90 Å². The van der Waals surface area contributed by atoms with Crippen molar-refractivity contribution in [1.82, 2.24) is 4.98 Å². The van der Waals surface area contributed by atoms with Crippen LogP contribution in [-0.4, -0.2) is 17.1 Å². The number of hydrogen-bond acceptors (Lipinski definition) is 2. The maximum absolute atomic E-state index is 13.9. The number of piperidine rings is 1. The van der Waals surface area contributed by atoms with E-state index in [4.69, 9.17) is 0 Å². The van der Waals surface area contributed by atoms with Crippen LogP contribution in [0.1, 0.15) is 38.5 Å². The number of fused-ring (bicyclic) bond motifs is 2. The second-order valence-electron chi connectivity index (χ2n) is 6.01. The van der Waals surface area contributed by atoms with Crippen LogP contribution >= 0.6 is 0 Å². The first-order valence-electron chi connectivity index (χ1n) is 6.66. The van der Waals surface area contributed by atoms with Crippen LogP contribution < -0.4 is 4.90 Å². The molecular weight excluding hydrogens is 215 g/mol. The molecule has 2 unspecified atom stereocenters. The molecule has 2 saturated heterocycles. The Hall–Kier alpha value is -1.12. The van der Waals surface area contributed by atoms with Crippen LogP contribution in [0.2, 0.25) is 0 Å². The predicted molar refractivity (Wildman–Crippen MR) is 64.4 cm³/mol. The second-order valence-corrected chi connectivity index (χ2v) is 6.01. The van der Waals surface area contributed by atoms with E-state index in [1.807, 2.05) is 0 Å². The minimum atomic E-state index is -0.156. The molecule has 3 heterocycles. The van der Waals surface area contributed by atoms with Gasteiger partial charge in [-0.1, -0.05) is 0 Å². The Morgan fingerprint density at radius 3 is 2.53 bits per heavy atom. The summed E-state index contributed by atoms with van der Waals surface area (Å²) in [5.74, 6) is 0.437. The van der Waals surface area contributed by atoms with Crippen LogP contribution in [0.3, 0.4) is 0 Å². The molecule has 17 heavy (non-hydrogen) atoms. The molecule has 3 aliphatic rings. The molecule has 1 saturated carbocycles. The van der Waals surface area contributed by atoms with E-state index < -0.39 is 0 Å². The fraction of sp³-hybridized carbons (Fsp3) is 0.643. The van der Waals surface area contributed by atoms with E-state index in [1.165, 1.54) is 44.6 Å². The second kappa shape index (κ2) is 3.21. The molecule has 1 aromatic rings. The van der Waals surface area contributed by atoms with Crippen molar-refractivity contribution in [2.45, 2.75) is 50.6 Å². The maximum atomic E-state index is 13.9. The third-order valence-corrected chi connectivity index (χ3v) is 4.90. The van der Waals surface area contributed by atoms with Crippen LogP contribution in [0.4, 0.5) is 10.2 Å². The van der Waals surface area contributed by atoms with Crippen molar-refractivity contribution in [2.75, 3.05) is 4.90 Å². The summed E-state index contributed by atoms with van der Waals surface area (Å²) in [5.41, 5.74) is 0.646. The summed E-state index contributed by atoms with van der Waals surface area (Å²) in [6.45, 7) is 0. The predicted octanol–water partition coefficient (Wildman–Crippen LogP) is 3.13. The van der Waals surface area contributed by atoms with Gasteiger partial charge in [-0.15, -0.1) is 0 Å². The van der Waals surface area contributed by atoms with Crippen molar-refractivity contribution in [3.63, 3.8) is 0 Å². The van der Waals surface area contributed by atoms with E-state index in [-0.39, 0.29) is 5.82 Å². The summed E-state index contributed by atoms with van der Waals surface area (Å²) >= 11 is 0. The lowest BCUT2D eigenvalue weighted by Crippen LogP contribution is -2.44. The molecule has 0 radical (unpaired) electrons. The Labute approximate surface area is 101 Å². The van der Waals surface area contributed by atoms with Crippen LogP contribution in [0.15, 0.2) is 18.3 Å². The highest BCUT2D eigenvalue weighted by Gasteiger charge is 2.54. The molecule has 2 bridgehead atoms. The minimum absolute atomic E-state index is 0.156. The number of pyridine rings is 1. The van der Waals surface area contributed by atoms with Crippen molar-refractivity contribution in [3.05, 3.63) is 24.1 Å². The van der Waals surface area contributed by atoms with Crippen molar-refractivity contribution in [2.24, 2.45) is 5.41 Å². The Balaban J connectivity index is 1.70. The summed E-state index contributed by atoms with van der Waals surface area (Å²) in [7, 11) is 0. The normalized spacial score (nSPS) is 33.1. The molecule has 2 aliphatic heterocycles. The van der Waals surface area contributed by atoms with E-state index in [0.717, 1.165) is 0 Å². The van der Waals surface area contributed by atoms with Gasteiger partial charge in [-0.3, -0.25) is 0 Å². The molecule has 2 nitrogen and oxygen atoms in total. The topological polar surface area (TPSA) is 16.1 Å². The standard InChI is InChI=1S/C14H17FN2/c15-12-2-1-7-16-13(12)17-10-3-4-11(17)9-14(8-10)5-6-14/h1-2,7,10-11H,3-6,8-9H2. The SMILES string of the molecule is Fc1cccnc1N1C2CCC1CC1(CC1)C2. The molecule has 0 N–H and O–H groups in total. The fourth-order valence-electron chi connectivity index (χ4n) is 3.94. The van der Waals surface area contributed by atoms with Gasteiger partial charge in [0.1, 0.15) is 0 Å². The number of halogens is 1. The third kappa shape index (κ3) is 1.41. The molecule has 1 aromatic heterocycles. The molecule has 0 aromatic carbocycles. The Kier molecular flexibility index (Phi) is 1.86. The number of anilines is 1. The number of aromatic nitrogens is 1. The molecule has 2 atom stereocenters. The minimum Gasteiger partial charge on any atom is -0.348 e. The zero-order chi connectivity index (χ0) is 11.5. The largest absolute Gasteiger partial charge is 0.348 e. The third-order valence-electron chi connectivity index (χ3n) is 4.90. The number of rotatable bonds is 1. The molecule has 90 valence electrons. The summed E-state index contributed by atoms with van der Waals surface area (Å²) in [6, 6.07) is 4.29. The van der Waals surface area contributed by atoms with Crippen LogP contribution in [0.25, 0.3) is 0 Å². The van der Waals surface area contributed by atoms with Crippen LogP contribution in [0, 0.1) is 11.2 Å². The van der Waals surface area contributed by atoms with E-state index in [0.29, 0.717) is 23.3 Å². The van der Waals surface area contributed by atoms with Gasteiger partial charge in [-0.25, -0.2) is 9.37 Å². The Morgan fingerprint density at radius 1 is 1.24 bits per heavy atom. The zero-order valence-corrected chi connectivity index (χ0v) is 9.90. The van der Waals surface area contributed by atoms with Crippen molar-refractivity contribution in [1.29, 1.82) is 0 Å². The monoisotopic (exact) mass is 232 g/mol. The highest BCUT2D eigenvalue weighted by molar-refractivity contribution is 5.45. The molecule has 0 amide bonds. The lowest BCUT2D eigenvalue weighted by Gasteiger charge is -2.40. The van der Waals surface area contributed by atoms with Gasteiger partial charge in [0.2, 0.25) is 0 Å². The van der Waals surface area contributed by atoms with E-state index in [1.54, 1.807) is 12.3 Å². The summed E-state index contributed by atoms with van der Waals surface area (Å²) in [6.07, 6.45) is 9.49.